The smallest absolute Gasteiger partial charge is 0.290 e. The van der Waals surface area contributed by atoms with E-state index in [1.54, 1.807) is 43.4 Å². The van der Waals surface area contributed by atoms with E-state index in [1.807, 2.05) is 18.2 Å². The molecule has 3 aromatic rings. The Labute approximate surface area is 192 Å². The molecule has 0 spiro atoms. The molecule has 1 aliphatic heterocycles. The van der Waals surface area contributed by atoms with Crippen molar-refractivity contribution in [1.29, 1.82) is 0 Å². The van der Waals surface area contributed by atoms with Crippen molar-refractivity contribution < 1.29 is 23.4 Å². The van der Waals surface area contributed by atoms with Gasteiger partial charge in [-0.2, -0.15) is 0 Å². The Morgan fingerprint density at radius 2 is 1.82 bits per heavy atom. The van der Waals surface area contributed by atoms with Crippen molar-refractivity contribution in [3.05, 3.63) is 69.6 Å². The third-order valence-electron chi connectivity index (χ3n) is 5.92. The third kappa shape index (κ3) is 4.33. The molecule has 7 nitrogen and oxygen atoms in total. The number of methoxy groups -OCH3 is 2. The van der Waals surface area contributed by atoms with Crippen LogP contribution in [0.2, 0.25) is 0 Å². The van der Waals surface area contributed by atoms with Gasteiger partial charge in [0.15, 0.2) is 16.9 Å². The zero-order chi connectivity index (χ0) is 23.4. The summed E-state index contributed by atoms with van der Waals surface area (Å²) in [5.41, 5.74) is 1.28. The van der Waals surface area contributed by atoms with Gasteiger partial charge in [-0.1, -0.05) is 38.0 Å². The zero-order valence-corrected chi connectivity index (χ0v) is 19.3. The Morgan fingerprint density at radius 1 is 1.00 bits per heavy atom. The Kier molecular flexibility index (Phi) is 6.99. The lowest BCUT2D eigenvalue weighted by Crippen LogP contribution is -2.32. The number of amides is 1. The van der Waals surface area contributed by atoms with Crippen molar-refractivity contribution in [3.63, 3.8) is 0 Å². The van der Waals surface area contributed by atoms with Gasteiger partial charge < -0.3 is 23.5 Å². The molecule has 0 fully saturated rings. The summed E-state index contributed by atoms with van der Waals surface area (Å²) in [6.45, 7) is 3.40. The van der Waals surface area contributed by atoms with E-state index < -0.39 is 6.04 Å². The molecule has 2 heterocycles. The van der Waals surface area contributed by atoms with Crippen molar-refractivity contribution in [2.75, 3.05) is 34.0 Å². The standard InChI is InChI=1S/C26H29NO6/c1-4-5-8-14-32-20-12-11-17(16-21(20)31-3)23-22-24(28)18-9-6-7-10-19(18)33-25(22)26(29)27(23)13-15-30-2/h6-7,9-12,16,23H,4-5,8,13-15H2,1-3H3/t23-/m1/s1. The Morgan fingerprint density at radius 3 is 2.58 bits per heavy atom. The molecule has 33 heavy (non-hydrogen) atoms. The molecule has 1 aromatic heterocycles. The summed E-state index contributed by atoms with van der Waals surface area (Å²) >= 11 is 0. The molecule has 0 radical (unpaired) electrons. The van der Waals surface area contributed by atoms with E-state index >= 15 is 0 Å². The Balaban J connectivity index is 1.79. The van der Waals surface area contributed by atoms with Crippen LogP contribution >= 0.6 is 0 Å². The fraction of sp³-hybridized carbons (Fsp3) is 0.385. The van der Waals surface area contributed by atoms with Crippen LogP contribution in [0.15, 0.2) is 51.7 Å². The number of para-hydroxylation sites is 1. The molecule has 7 heteroatoms. The van der Waals surface area contributed by atoms with Gasteiger partial charge in [-0.25, -0.2) is 0 Å². The number of hydrogen-bond donors (Lipinski definition) is 0. The van der Waals surface area contributed by atoms with E-state index in [0.29, 0.717) is 47.8 Å². The van der Waals surface area contributed by atoms with Crippen LogP contribution in [0, 0.1) is 0 Å². The first kappa shape index (κ1) is 22.9. The van der Waals surface area contributed by atoms with E-state index in [-0.39, 0.29) is 17.1 Å². The predicted octanol–water partition coefficient (Wildman–Crippen LogP) is 4.56. The average Bonchev–Trinajstić information content (AvgIpc) is 3.12. The topological polar surface area (TPSA) is 78.2 Å². The molecular formula is C26H29NO6. The number of benzene rings is 2. The van der Waals surface area contributed by atoms with Crippen LogP contribution in [0.3, 0.4) is 0 Å². The van der Waals surface area contributed by atoms with Crippen molar-refractivity contribution in [2.24, 2.45) is 0 Å². The SMILES string of the molecule is CCCCCOc1ccc([C@@H]2c3c(oc4ccccc4c3=O)C(=O)N2CCOC)cc1OC. The van der Waals surface area contributed by atoms with E-state index in [1.165, 1.54) is 0 Å². The van der Waals surface area contributed by atoms with Gasteiger partial charge in [-0.3, -0.25) is 9.59 Å². The first-order valence-corrected chi connectivity index (χ1v) is 11.3. The van der Waals surface area contributed by atoms with Crippen LogP contribution in [0.4, 0.5) is 0 Å². The third-order valence-corrected chi connectivity index (χ3v) is 5.92. The molecule has 0 N–H and O–H groups in total. The fourth-order valence-electron chi connectivity index (χ4n) is 4.24. The molecule has 4 rings (SSSR count). The summed E-state index contributed by atoms with van der Waals surface area (Å²) in [6.07, 6.45) is 3.17. The van der Waals surface area contributed by atoms with Gasteiger partial charge in [0.25, 0.3) is 5.91 Å². The molecule has 0 unspecified atom stereocenters. The van der Waals surface area contributed by atoms with Gasteiger partial charge in [0.1, 0.15) is 5.58 Å². The average molecular weight is 452 g/mol. The number of carbonyl (C=O) groups excluding carboxylic acids is 1. The van der Waals surface area contributed by atoms with Gasteiger partial charge >= 0.3 is 0 Å². The van der Waals surface area contributed by atoms with Crippen LogP contribution in [-0.2, 0) is 4.74 Å². The highest BCUT2D eigenvalue weighted by atomic mass is 16.5. The number of unbranched alkanes of at least 4 members (excludes halogenated alkanes) is 2. The monoisotopic (exact) mass is 451 g/mol. The van der Waals surface area contributed by atoms with Crippen molar-refractivity contribution >= 4 is 16.9 Å². The minimum absolute atomic E-state index is 0.0821. The number of ether oxygens (including phenoxy) is 3. The first-order chi connectivity index (χ1) is 16.1. The summed E-state index contributed by atoms with van der Waals surface area (Å²) in [6, 6.07) is 11.9. The summed E-state index contributed by atoms with van der Waals surface area (Å²) in [7, 11) is 3.16. The number of rotatable bonds is 10. The normalized spacial score (nSPS) is 15.2. The van der Waals surface area contributed by atoms with Crippen LogP contribution in [0.1, 0.15) is 53.9 Å². The number of carbonyl (C=O) groups is 1. The van der Waals surface area contributed by atoms with E-state index in [0.717, 1.165) is 24.8 Å². The second-order valence-corrected chi connectivity index (χ2v) is 8.03. The van der Waals surface area contributed by atoms with Crippen LogP contribution in [0.5, 0.6) is 11.5 Å². The number of nitrogens with zero attached hydrogens (tertiary/aromatic N) is 1. The second kappa shape index (κ2) is 10.1. The molecule has 1 aliphatic rings. The highest BCUT2D eigenvalue weighted by Crippen LogP contribution is 2.40. The highest BCUT2D eigenvalue weighted by Gasteiger charge is 2.42. The lowest BCUT2D eigenvalue weighted by Gasteiger charge is -2.25. The summed E-state index contributed by atoms with van der Waals surface area (Å²) in [4.78, 5) is 28.4. The first-order valence-electron chi connectivity index (χ1n) is 11.3. The van der Waals surface area contributed by atoms with E-state index in [9.17, 15) is 9.59 Å². The lowest BCUT2D eigenvalue weighted by molar-refractivity contribution is 0.0663. The van der Waals surface area contributed by atoms with E-state index in [4.69, 9.17) is 18.6 Å². The Hall–Kier alpha value is -3.32. The van der Waals surface area contributed by atoms with Gasteiger partial charge in [0, 0.05) is 13.7 Å². The maximum Gasteiger partial charge on any atom is 0.290 e. The molecule has 1 atom stereocenters. The Bertz CT molecular complexity index is 1200. The fourth-order valence-corrected chi connectivity index (χ4v) is 4.24. The van der Waals surface area contributed by atoms with Crippen LogP contribution < -0.4 is 14.9 Å². The van der Waals surface area contributed by atoms with Crippen LogP contribution in [-0.4, -0.2) is 44.8 Å². The van der Waals surface area contributed by atoms with Crippen LogP contribution in [0.25, 0.3) is 11.0 Å². The summed E-state index contributed by atoms with van der Waals surface area (Å²) in [5.74, 6) is 0.949. The maximum absolute atomic E-state index is 13.5. The molecular weight excluding hydrogens is 422 g/mol. The minimum Gasteiger partial charge on any atom is -0.493 e. The van der Waals surface area contributed by atoms with Gasteiger partial charge in [-0.15, -0.1) is 0 Å². The van der Waals surface area contributed by atoms with Gasteiger partial charge in [-0.05, 0) is 36.2 Å². The van der Waals surface area contributed by atoms with E-state index in [2.05, 4.69) is 6.92 Å². The minimum atomic E-state index is -0.605. The molecule has 1 amide bonds. The number of hydrogen-bond acceptors (Lipinski definition) is 6. The molecule has 0 bridgehead atoms. The van der Waals surface area contributed by atoms with Gasteiger partial charge in [0.05, 0.1) is 37.3 Å². The lowest BCUT2D eigenvalue weighted by atomic mass is 9.98. The largest absolute Gasteiger partial charge is 0.493 e. The quantitative estimate of drug-likeness (QED) is 0.421. The second-order valence-electron chi connectivity index (χ2n) is 8.03. The molecule has 0 aliphatic carbocycles. The van der Waals surface area contributed by atoms with Crippen molar-refractivity contribution in [2.45, 2.75) is 32.2 Å². The predicted molar refractivity (Wildman–Crippen MR) is 125 cm³/mol. The highest BCUT2D eigenvalue weighted by molar-refractivity contribution is 5.99. The summed E-state index contributed by atoms with van der Waals surface area (Å²) in [5, 5.41) is 0.450. The van der Waals surface area contributed by atoms with Crippen molar-refractivity contribution in [1.82, 2.24) is 4.90 Å². The maximum atomic E-state index is 13.5. The molecule has 0 saturated carbocycles. The zero-order valence-electron chi connectivity index (χ0n) is 19.3. The molecule has 0 saturated heterocycles. The molecule has 174 valence electrons. The molecule has 2 aromatic carbocycles. The van der Waals surface area contributed by atoms with Crippen molar-refractivity contribution in [3.8, 4) is 11.5 Å². The summed E-state index contributed by atoms with van der Waals surface area (Å²) < 4.78 is 22.6. The van der Waals surface area contributed by atoms with Gasteiger partial charge in [0.2, 0.25) is 5.76 Å². The number of fused-ring (bicyclic) bond motifs is 2.